The van der Waals surface area contributed by atoms with Gasteiger partial charge < -0.3 is 20.1 Å². The zero-order valence-electron chi connectivity index (χ0n) is 17.1. The maximum absolute atomic E-state index is 13.1. The second-order valence-electron chi connectivity index (χ2n) is 6.72. The number of hydrogen-bond donors (Lipinski definition) is 2. The van der Waals surface area contributed by atoms with Crippen molar-refractivity contribution in [3.05, 3.63) is 65.5 Å². The molecule has 0 saturated heterocycles. The van der Waals surface area contributed by atoms with Crippen molar-refractivity contribution in [1.82, 2.24) is 10.6 Å². The number of rotatable bonds is 9. The first-order valence-corrected chi connectivity index (χ1v) is 9.35. The number of carbonyl (C=O) groups is 3. The van der Waals surface area contributed by atoms with Gasteiger partial charge in [0.05, 0.1) is 14.2 Å². The number of methoxy groups -OCH3 is 2. The van der Waals surface area contributed by atoms with Crippen molar-refractivity contribution in [2.24, 2.45) is 0 Å². The molecule has 160 valence electrons. The van der Waals surface area contributed by atoms with Gasteiger partial charge in [-0.15, -0.1) is 0 Å². The van der Waals surface area contributed by atoms with Gasteiger partial charge in [0.1, 0.15) is 23.7 Å². The summed E-state index contributed by atoms with van der Waals surface area (Å²) in [6, 6.07) is 10.8. The van der Waals surface area contributed by atoms with Crippen LogP contribution < -0.4 is 15.4 Å². The fourth-order valence-corrected chi connectivity index (χ4v) is 2.95. The second kappa shape index (κ2) is 10.9. The summed E-state index contributed by atoms with van der Waals surface area (Å²) in [7, 11) is 2.77. The highest BCUT2D eigenvalue weighted by Gasteiger charge is 2.27. The summed E-state index contributed by atoms with van der Waals surface area (Å²) in [5.41, 5.74) is 1.42. The van der Waals surface area contributed by atoms with E-state index in [0.717, 1.165) is 5.56 Å². The van der Waals surface area contributed by atoms with Crippen LogP contribution >= 0.6 is 0 Å². The van der Waals surface area contributed by atoms with E-state index >= 15 is 0 Å². The fourth-order valence-electron chi connectivity index (χ4n) is 2.95. The first-order valence-electron chi connectivity index (χ1n) is 9.35. The van der Waals surface area contributed by atoms with Crippen LogP contribution in [0.25, 0.3) is 0 Å². The zero-order valence-corrected chi connectivity index (χ0v) is 17.1. The smallest absolute Gasteiger partial charge is 0.328 e. The molecule has 2 N–H and O–H groups in total. The Morgan fingerprint density at radius 2 is 1.60 bits per heavy atom. The van der Waals surface area contributed by atoms with Gasteiger partial charge in [-0.1, -0.05) is 24.3 Å². The van der Waals surface area contributed by atoms with E-state index in [1.54, 1.807) is 24.3 Å². The molecule has 0 aliphatic rings. The van der Waals surface area contributed by atoms with Crippen molar-refractivity contribution < 1.29 is 28.2 Å². The van der Waals surface area contributed by atoms with Crippen LogP contribution in [0, 0.1) is 5.82 Å². The molecule has 2 aromatic carbocycles. The minimum atomic E-state index is -0.959. The quantitative estimate of drug-likeness (QED) is 0.608. The van der Waals surface area contributed by atoms with E-state index in [4.69, 9.17) is 9.47 Å². The predicted molar refractivity (Wildman–Crippen MR) is 108 cm³/mol. The van der Waals surface area contributed by atoms with Crippen molar-refractivity contribution in [3.8, 4) is 5.75 Å². The van der Waals surface area contributed by atoms with Crippen LogP contribution in [0.2, 0.25) is 0 Å². The van der Waals surface area contributed by atoms with E-state index in [-0.39, 0.29) is 12.8 Å². The lowest BCUT2D eigenvalue weighted by molar-refractivity contribution is -0.145. The summed E-state index contributed by atoms with van der Waals surface area (Å²) in [6.07, 6.45) is 0.317. The number of benzene rings is 2. The lowest BCUT2D eigenvalue weighted by Crippen LogP contribution is -2.53. The molecular formula is C22H25FN2O5. The average Bonchev–Trinajstić information content (AvgIpc) is 2.73. The third-order valence-electron chi connectivity index (χ3n) is 4.42. The highest BCUT2D eigenvalue weighted by molar-refractivity contribution is 5.90. The second-order valence-corrected chi connectivity index (χ2v) is 6.72. The van der Waals surface area contributed by atoms with Crippen LogP contribution in [-0.2, 0) is 32.0 Å². The summed E-state index contributed by atoms with van der Waals surface area (Å²) in [6.45, 7) is 1.29. The molecule has 2 atom stereocenters. The van der Waals surface area contributed by atoms with E-state index < -0.39 is 35.7 Å². The number of amides is 2. The van der Waals surface area contributed by atoms with Gasteiger partial charge in [-0.3, -0.25) is 9.59 Å². The lowest BCUT2D eigenvalue weighted by atomic mass is 10.0. The molecule has 30 heavy (non-hydrogen) atoms. The molecular weight excluding hydrogens is 391 g/mol. The van der Waals surface area contributed by atoms with Gasteiger partial charge in [0.15, 0.2) is 0 Å². The van der Waals surface area contributed by atoms with Crippen molar-refractivity contribution in [2.75, 3.05) is 14.2 Å². The molecule has 0 heterocycles. The van der Waals surface area contributed by atoms with E-state index in [1.807, 2.05) is 0 Å². The van der Waals surface area contributed by atoms with E-state index in [9.17, 15) is 18.8 Å². The molecule has 0 radical (unpaired) electrons. The van der Waals surface area contributed by atoms with Crippen LogP contribution in [-0.4, -0.2) is 44.1 Å². The minimum Gasteiger partial charge on any atom is -0.497 e. The molecule has 0 fully saturated rings. The molecule has 0 unspecified atom stereocenters. The third-order valence-corrected chi connectivity index (χ3v) is 4.42. The van der Waals surface area contributed by atoms with Crippen molar-refractivity contribution in [2.45, 2.75) is 31.8 Å². The molecule has 0 bridgehead atoms. The lowest BCUT2D eigenvalue weighted by Gasteiger charge is -2.22. The summed E-state index contributed by atoms with van der Waals surface area (Å²) in [5, 5.41) is 5.22. The molecule has 0 aliphatic carbocycles. The minimum absolute atomic E-state index is 0.138. The maximum Gasteiger partial charge on any atom is 0.328 e. The molecule has 0 aromatic heterocycles. The van der Waals surface area contributed by atoms with Crippen molar-refractivity contribution >= 4 is 17.8 Å². The molecule has 0 spiro atoms. The molecule has 2 amide bonds. The Balaban J connectivity index is 2.17. The monoisotopic (exact) mass is 416 g/mol. The van der Waals surface area contributed by atoms with Crippen LogP contribution in [0.5, 0.6) is 5.75 Å². The van der Waals surface area contributed by atoms with Crippen LogP contribution in [0.4, 0.5) is 4.39 Å². The Labute approximate surface area is 174 Å². The van der Waals surface area contributed by atoms with Crippen molar-refractivity contribution in [3.63, 3.8) is 0 Å². The Kier molecular flexibility index (Phi) is 8.34. The number of ether oxygens (including phenoxy) is 2. The predicted octanol–water partition coefficient (Wildman–Crippen LogP) is 1.78. The van der Waals surface area contributed by atoms with Crippen LogP contribution in [0.1, 0.15) is 18.1 Å². The first-order chi connectivity index (χ1) is 14.3. The first kappa shape index (κ1) is 22.9. The van der Waals surface area contributed by atoms with Gasteiger partial charge in [-0.25, -0.2) is 9.18 Å². The Morgan fingerprint density at radius 1 is 0.933 bits per heavy atom. The number of nitrogens with one attached hydrogen (secondary N) is 2. The van der Waals surface area contributed by atoms with Gasteiger partial charge in [0.2, 0.25) is 11.8 Å². The summed E-state index contributed by atoms with van der Waals surface area (Å²) < 4.78 is 23.1. The summed E-state index contributed by atoms with van der Waals surface area (Å²) in [5.74, 6) is -1.35. The van der Waals surface area contributed by atoms with Crippen LogP contribution in [0.3, 0.4) is 0 Å². The standard InChI is InChI=1S/C22H25FN2O5/c1-14(26)24-19(12-15-7-9-17(23)10-8-15)21(27)25-20(22(28)30-3)13-16-5-4-6-18(11-16)29-2/h4-11,19-20H,12-13H2,1-3H3,(H,24,26)(H,25,27)/t19-,20-/m0/s1. The van der Waals surface area contributed by atoms with Gasteiger partial charge in [-0.05, 0) is 35.4 Å². The van der Waals surface area contributed by atoms with Gasteiger partial charge >= 0.3 is 5.97 Å². The van der Waals surface area contributed by atoms with E-state index in [1.165, 1.54) is 45.4 Å². The Hall–Kier alpha value is -3.42. The Bertz CT molecular complexity index is 885. The third kappa shape index (κ3) is 6.88. The molecule has 2 rings (SSSR count). The van der Waals surface area contributed by atoms with Crippen LogP contribution in [0.15, 0.2) is 48.5 Å². The Morgan fingerprint density at radius 3 is 2.20 bits per heavy atom. The number of halogens is 1. The van der Waals surface area contributed by atoms with E-state index in [2.05, 4.69) is 10.6 Å². The van der Waals surface area contributed by atoms with Gasteiger partial charge in [-0.2, -0.15) is 0 Å². The number of esters is 1. The topological polar surface area (TPSA) is 93.7 Å². The number of carbonyl (C=O) groups excluding carboxylic acids is 3. The fraction of sp³-hybridized carbons (Fsp3) is 0.318. The molecule has 0 aliphatic heterocycles. The van der Waals surface area contributed by atoms with Gasteiger partial charge in [0.25, 0.3) is 0 Å². The largest absolute Gasteiger partial charge is 0.497 e. The summed E-state index contributed by atoms with van der Waals surface area (Å²) >= 11 is 0. The SMILES string of the molecule is COC(=O)[C@H](Cc1cccc(OC)c1)NC(=O)[C@H](Cc1ccc(F)cc1)NC(C)=O. The molecule has 2 aromatic rings. The molecule has 0 saturated carbocycles. The van der Waals surface area contributed by atoms with E-state index in [0.29, 0.717) is 11.3 Å². The normalized spacial score (nSPS) is 12.4. The molecule has 8 heteroatoms. The zero-order chi connectivity index (χ0) is 22.1. The van der Waals surface area contributed by atoms with Gasteiger partial charge in [0, 0.05) is 19.8 Å². The average molecular weight is 416 g/mol. The number of hydrogen-bond acceptors (Lipinski definition) is 5. The highest BCUT2D eigenvalue weighted by atomic mass is 19.1. The highest BCUT2D eigenvalue weighted by Crippen LogP contribution is 2.15. The maximum atomic E-state index is 13.1. The molecule has 7 nitrogen and oxygen atoms in total. The summed E-state index contributed by atoms with van der Waals surface area (Å²) in [4.78, 5) is 36.7. The van der Waals surface area contributed by atoms with Crippen molar-refractivity contribution in [1.29, 1.82) is 0 Å².